The minimum absolute atomic E-state index is 0.314. The van der Waals surface area contributed by atoms with E-state index in [9.17, 15) is 4.21 Å². The Hall–Kier alpha value is -0.360. The monoisotopic (exact) mass is 159 g/mol. The second-order valence-electron chi connectivity index (χ2n) is 3.02. The molecule has 0 aliphatic carbocycles. The van der Waals surface area contributed by atoms with Gasteiger partial charge in [0, 0.05) is 22.8 Å². The molecular weight excluding hydrogens is 146 g/mol. The van der Waals surface area contributed by atoms with Crippen LogP contribution in [0, 0.1) is 16.7 Å². The number of nitrogens with zero attached hydrogens (tertiary/aromatic N) is 1. The molecule has 0 bridgehead atoms. The van der Waals surface area contributed by atoms with Crippen LogP contribution in [0.5, 0.6) is 0 Å². The van der Waals surface area contributed by atoms with Gasteiger partial charge in [-0.15, -0.1) is 0 Å². The Balaban J connectivity index is 3.71. The summed E-state index contributed by atoms with van der Waals surface area (Å²) in [7, 11) is -0.765. The standard InChI is InChI=1S/C7H13NOS/c1-7(2,6-8)4-5-10(3)9/h4-5H2,1-3H3. The van der Waals surface area contributed by atoms with Crippen molar-refractivity contribution in [3.05, 3.63) is 0 Å². The highest BCUT2D eigenvalue weighted by Crippen LogP contribution is 2.18. The minimum Gasteiger partial charge on any atom is -0.260 e. The third kappa shape index (κ3) is 4.51. The Morgan fingerprint density at radius 2 is 2.10 bits per heavy atom. The maximum Gasteiger partial charge on any atom is 0.0684 e. The first-order valence-corrected chi connectivity index (χ1v) is 4.92. The van der Waals surface area contributed by atoms with Gasteiger partial charge in [-0.3, -0.25) is 4.21 Å². The molecule has 0 saturated carbocycles. The predicted octanol–water partition coefficient (Wildman–Crippen LogP) is 1.30. The van der Waals surface area contributed by atoms with Crippen molar-refractivity contribution in [2.45, 2.75) is 20.3 Å². The SMILES string of the molecule is CS(=O)CCC(C)(C)C#N. The molecule has 0 aromatic heterocycles. The lowest BCUT2D eigenvalue weighted by Gasteiger charge is -2.12. The molecule has 0 aromatic rings. The smallest absolute Gasteiger partial charge is 0.0684 e. The van der Waals surface area contributed by atoms with Crippen LogP contribution >= 0.6 is 0 Å². The maximum atomic E-state index is 10.6. The zero-order chi connectivity index (χ0) is 8.20. The van der Waals surface area contributed by atoms with Gasteiger partial charge in [0.15, 0.2) is 0 Å². The molecule has 1 unspecified atom stereocenters. The Kier molecular flexibility index (Phi) is 3.59. The van der Waals surface area contributed by atoms with E-state index in [0.29, 0.717) is 12.2 Å². The van der Waals surface area contributed by atoms with Gasteiger partial charge >= 0.3 is 0 Å². The number of rotatable bonds is 3. The molecule has 0 fully saturated rings. The molecule has 0 spiro atoms. The van der Waals surface area contributed by atoms with Crippen molar-refractivity contribution in [1.82, 2.24) is 0 Å². The molecule has 0 aliphatic rings. The molecule has 2 nitrogen and oxygen atoms in total. The summed E-state index contributed by atoms with van der Waals surface area (Å²) < 4.78 is 10.6. The van der Waals surface area contributed by atoms with Crippen molar-refractivity contribution in [3.63, 3.8) is 0 Å². The summed E-state index contributed by atoms with van der Waals surface area (Å²) in [5.41, 5.74) is -0.314. The summed E-state index contributed by atoms with van der Waals surface area (Å²) >= 11 is 0. The maximum absolute atomic E-state index is 10.6. The van der Waals surface area contributed by atoms with Crippen molar-refractivity contribution in [2.24, 2.45) is 5.41 Å². The Labute approximate surface area is 64.7 Å². The third-order valence-electron chi connectivity index (χ3n) is 1.32. The minimum atomic E-state index is -0.765. The fourth-order valence-electron chi connectivity index (χ4n) is 0.455. The van der Waals surface area contributed by atoms with E-state index >= 15 is 0 Å². The van der Waals surface area contributed by atoms with E-state index < -0.39 is 10.8 Å². The summed E-state index contributed by atoms with van der Waals surface area (Å²) in [5, 5.41) is 8.56. The lowest BCUT2D eigenvalue weighted by molar-refractivity contribution is 0.479. The van der Waals surface area contributed by atoms with Crippen molar-refractivity contribution in [1.29, 1.82) is 5.26 Å². The van der Waals surface area contributed by atoms with Crippen molar-refractivity contribution < 1.29 is 4.21 Å². The van der Waals surface area contributed by atoms with E-state index in [1.54, 1.807) is 6.26 Å². The van der Waals surface area contributed by atoms with E-state index in [2.05, 4.69) is 6.07 Å². The molecule has 0 amide bonds. The molecule has 1 atom stereocenters. The first kappa shape index (κ1) is 9.64. The van der Waals surface area contributed by atoms with Crippen LogP contribution in [-0.2, 0) is 10.8 Å². The highest BCUT2D eigenvalue weighted by molar-refractivity contribution is 7.84. The quantitative estimate of drug-likeness (QED) is 0.623. The molecule has 0 N–H and O–H groups in total. The van der Waals surface area contributed by atoms with Crippen molar-refractivity contribution in [3.8, 4) is 6.07 Å². The van der Waals surface area contributed by atoms with Gasteiger partial charge in [-0.25, -0.2) is 0 Å². The Morgan fingerprint density at radius 1 is 1.60 bits per heavy atom. The predicted molar refractivity (Wildman–Crippen MR) is 42.9 cm³/mol. The fourth-order valence-corrected chi connectivity index (χ4v) is 1.25. The van der Waals surface area contributed by atoms with Gasteiger partial charge < -0.3 is 0 Å². The number of nitriles is 1. The van der Waals surface area contributed by atoms with Crippen LogP contribution in [-0.4, -0.2) is 16.2 Å². The number of hydrogen-bond donors (Lipinski definition) is 0. The van der Waals surface area contributed by atoms with Gasteiger partial charge in [-0.2, -0.15) is 5.26 Å². The lowest BCUT2D eigenvalue weighted by atomic mass is 9.93. The van der Waals surface area contributed by atoms with E-state index in [-0.39, 0.29) is 5.41 Å². The summed E-state index contributed by atoms with van der Waals surface area (Å²) in [5.74, 6) is 0.626. The van der Waals surface area contributed by atoms with Crippen LogP contribution in [0.25, 0.3) is 0 Å². The first-order valence-electron chi connectivity index (χ1n) is 3.19. The Bertz CT molecular complexity index is 169. The fraction of sp³-hybridized carbons (Fsp3) is 0.857. The van der Waals surface area contributed by atoms with E-state index in [4.69, 9.17) is 5.26 Å². The molecule has 0 saturated heterocycles. The van der Waals surface area contributed by atoms with Crippen LogP contribution < -0.4 is 0 Å². The van der Waals surface area contributed by atoms with E-state index in [1.807, 2.05) is 13.8 Å². The van der Waals surface area contributed by atoms with Crippen LogP contribution in [0.15, 0.2) is 0 Å². The average molecular weight is 159 g/mol. The van der Waals surface area contributed by atoms with Crippen LogP contribution in [0.3, 0.4) is 0 Å². The van der Waals surface area contributed by atoms with Gasteiger partial charge in [0.25, 0.3) is 0 Å². The molecule has 0 radical (unpaired) electrons. The summed E-state index contributed by atoms with van der Waals surface area (Å²) in [6.45, 7) is 3.72. The molecule has 0 aliphatic heterocycles. The van der Waals surface area contributed by atoms with E-state index in [0.717, 1.165) is 0 Å². The molecule has 10 heavy (non-hydrogen) atoms. The van der Waals surface area contributed by atoms with Crippen LogP contribution in [0.2, 0.25) is 0 Å². The molecule has 58 valence electrons. The largest absolute Gasteiger partial charge is 0.260 e. The highest BCUT2D eigenvalue weighted by atomic mass is 32.2. The summed E-state index contributed by atoms with van der Waals surface area (Å²) in [6.07, 6.45) is 2.38. The zero-order valence-corrected chi connectivity index (χ0v) is 7.49. The summed E-state index contributed by atoms with van der Waals surface area (Å²) in [6, 6.07) is 2.16. The normalized spacial score (nSPS) is 14.2. The van der Waals surface area contributed by atoms with E-state index in [1.165, 1.54) is 0 Å². The summed E-state index contributed by atoms with van der Waals surface area (Å²) in [4.78, 5) is 0. The molecule has 0 rings (SSSR count). The van der Waals surface area contributed by atoms with Crippen LogP contribution in [0.1, 0.15) is 20.3 Å². The zero-order valence-electron chi connectivity index (χ0n) is 6.68. The van der Waals surface area contributed by atoms with Gasteiger partial charge in [-0.05, 0) is 20.3 Å². The molecule has 0 heterocycles. The highest BCUT2D eigenvalue weighted by Gasteiger charge is 2.16. The molecule has 0 aromatic carbocycles. The molecular formula is C7H13NOS. The van der Waals surface area contributed by atoms with Gasteiger partial charge in [0.1, 0.15) is 0 Å². The average Bonchev–Trinajstić information content (AvgIpc) is 1.85. The third-order valence-corrected chi connectivity index (χ3v) is 2.10. The second-order valence-corrected chi connectivity index (χ2v) is 4.58. The first-order chi connectivity index (χ1) is 4.48. The number of hydrogen-bond acceptors (Lipinski definition) is 2. The van der Waals surface area contributed by atoms with Gasteiger partial charge in [-0.1, -0.05) is 0 Å². The molecule has 3 heteroatoms. The van der Waals surface area contributed by atoms with Gasteiger partial charge in [0.2, 0.25) is 0 Å². The topological polar surface area (TPSA) is 40.9 Å². The van der Waals surface area contributed by atoms with Crippen LogP contribution in [0.4, 0.5) is 0 Å². The van der Waals surface area contributed by atoms with Gasteiger partial charge in [0.05, 0.1) is 11.5 Å². The lowest BCUT2D eigenvalue weighted by Crippen LogP contribution is -2.11. The second kappa shape index (κ2) is 3.72. The van der Waals surface area contributed by atoms with Crippen molar-refractivity contribution >= 4 is 10.8 Å². The Morgan fingerprint density at radius 3 is 2.40 bits per heavy atom. The van der Waals surface area contributed by atoms with Crippen molar-refractivity contribution in [2.75, 3.05) is 12.0 Å².